The van der Waals surface area contributed by atoms with Crippen LogP contribution < -0.4 is 16.0 Å². The molecule has 1 aliphatic carbocycles. The predicted molar refractivity (Wildman–Crippen MR) is 121 cm³/mol. The number of carbonyl (C=O) groups is 1. The average Bonchev–Trinajstić information content (AvgIpc) is 2.75. The van der Waals surface area contributed by atoms with E-state index in [2.05, 4.69) is 30.1 Å². The Bertz CT molecular complexity index is 855. The molecule has 2 atom stereocenters. The van der Waals surface area contributed by atoms with E-state index in [0.717, 1.165) is 42.7 Å². The third-order valence-electron chi connectivity index (χ3n) is 5.72. The highest BCUT2D eigenvalue weighted by Gasteiger charge is 2.29. The molecule has 0 aromatic heterocycles. The van der Waals surface area contributed by atoms with Crippen molar-refractivity contribution < 1.29 is 14.6 Å². The fourth-order valence-corrected chi connectivity index (χ4v) is 4.14. The quantitative estimate of drug-likeness (QED) is 0.611. The maximum absolute atomic E-state index is 12.6. The smallest absolute Gasteiger partial charge is 0.411 e. The van der Waals surface area contributed by atoms with Gasteiger partial charge in [0.1, 0.15) is 6.10 Å². The van der Waals surface area contributed by atoms with Gasteiger partial charge in [-0.05, 0) is 67.5 Å². The third-order valence-corrected chi connectivity index (χ3v) is 5.72. The van der Waals surface area contributed by atoms with Crippen LogP contribution in [0.1, 0.15) is 49.4 Å². The van der Waals surface area contributed by atoms with Gasteiger partial charge in [0.25, 0.3) is 0 Å². The first-order valence-electron chi connectivity index (χ1n) is 10.9. The molecule has 0 aliphatic heterocycles. The summed E-state index contributed by atoms with van der Waals surface area (Å²) in [6.07, 6.45) is 2.19. The van der Waals surface area contributed by atoms with Crippen molar-refractivity contribution in [1.29, 1.82) is 0 Å². The molecule has 2 aromatic carbocycles. The lowest BCUT2D eigenvalue weighted by Crippen LogP contribution is -2.36. The van der Waals surface area contributed by atoms with Crippen LogP contribution in [0.2, 0.25) is 0 Å². The lowest BCUT2D eigenvalue weighted by molar-refractivity contribution is 0.0842. The number of hydrogen-bond acceptors (Lipinski definition) is 5. The van der Waals surface area contributed by atoms with Crippen molar-refractivity contribution in [2.75, 3.05) is 29.9 Å². The Morgan fingerprint density at radius 2 is 2.07 bits per heavy atom. The van der Waals surface area contributed by atoms with Crippen molar-refractivity contribution in [2.45, 2.75) is 51.7 Å². The van der Waals surface area contributed by atoms with E-state index in [1.165, 1.54) is 5.56 Å². The summed E-state index contributed by atoms with van der Waals surface area (Å²) < 4.78 is 5.69. The number of anilines is 2. The fourth-order valence-electron chi connectivity index (χ4n) is 4.14. The number of aryl methyl sites for hydroxylation is 1. The summed E-state index contributed by atoms with van der Waals surface area (Å²) in [5.74, 6) is 0. The Morgan fingerprint density at radius 3 is 2.80 bits per heavy atom. The average molecular weight is 412 g/mol. The Kier molecular flexibility index (Phi) is 7.71. The van der Waals surface area contributed by atoms with Crippen molar-refractivity contribution in [1.82, 2.24) is 0 Å². The van der Waals surface area contributed by atoms with E-state index in [1.807, 2.05) is 36.4 Å². The molecule has 0 bridgehead atoms. The molecular formula is C24H33N3O3. The van der Waals surface area contributed by atoms with Crippen LogP contribution in [-0.4, -0.2) is 37.0 Å². The van der Waals surface area contributed by atoms with Gasteiger partial charge in [-0.25, -0.2) is 4.79 Å². The Hall–Kier alpha value is -2.57. The number of carbonyl (C=O) groups excluding carboxylic acids is 1. The van der Waals surface area contributed by atoms with E-state index >= 15 is 0 Å². The number of fused-ring (bicyclic) bond motifs is 1. The minimum atomic E-state index is -0.511. The van der Waals surface area contributed by atoms with Crippen molar-refractivity contribution >= 4 is 17.5 Å². The maximum atomic E-state index is 12.6. The Labute approximate surface area is 179 Å². The summed E-state index contributed by atoms with van der Waals surface area (Å²) in [7, 11) is 0. The van der Waals surface area contributed by atoms with Crippen LogP contribution in [-0.2, 0) is 17.6 Å². The van der Waals surface area contributed by atoms with Crippen LogP contribution in [0, 0.1) is 0 Å². The van der Waals surface area contributed by atoms with Gasteiger partial charge in [0.05, 0.1) is 6.04 Å². The van der Waals surface area contributed by atoms with E-state index in [0.29, 0.717) is 18.5 Å². The molecule has 0 radical (unpaired) electrons. The normalized spacial score (nSPS) is 17.9. The van der Waals surface area contributed by atoms with Gasteiger partial charge in [0.15, 0.2) is 0 Å². The number of amides is 1. The van der Waals surface area contributed by atoms with Gasteiger partial charge in [0.2, 0.25) is 0 Å². The highest BCUT2D eigenvalue weighted by Crippen LogP contribution is 2.31. The molecule has 2 unspecified atom stereocenters. The molecule has 3 rings (SSSR count). The number of aliphatic hydroxyl groups is 1. The monoisotopic (exact) mass is 411 g/mol. The molecule has 0 spiro atoms. The number of rotatable bonds is 8. The molecule has 4 N–H and O–H groups in total. The molecule has 0 heterocycles. The number of hydrogen-bond donors (Lipinski definition) is 3. The first-order valence-corrected chi connectivity index (χ1v) is 10.9. The summed E-state index contributed by atoms with van der Waals surface area (Å²) in [5, 5.41) is 12.3. The van der Waals surface area contributed by atoms with E-state index in [4.69, 9.17) is 10.5 Å². The standard InChI is InChI=1S/C24H33N3O3/c1-3-14-27(4-2)19-10-11-21(18(16-19)13-15-28)26-24(29)30-22-12-9-17-7-5-6-8-20(17)23(22)25/h5-8,10-11,16,22-23,28H,3-4,9,12-15,25H2,1-2H3,(H,26,29). The van der Waals surface area contributed by atoms with Crippen LogP contribution in [0.4, 0.5) is 16.2 Å². The Morgan fingerprint density at radius 1 is 1.27 bits per heavy atom. The van der Waals surface area contributed by atoms with E-state index in [9.17, 15) is 9.90 Å². The van der Waals surface area contributed by atoms with Crippen LogP contribution in [0.25, 0.3) is 0 Å². The minimum absolute atomic E-state index is 0.0113. The minimum Gasteiger partial charge on any atom is -0.444 e. The second kappa shape index (κ2) is 10.5. The number of nitrogens with two attached hydrogens (primary N) is 1. The van der Waals surface area contributed by atoms with Gasteiger partial charge in [-0.3, -0.25) is 5.32 Å². The molecule has 6 nitrogen and oxygen atoms in total. The zero-order chi connectivity index (χ0) is 21.5. The van der Waals surface area contributed by atoms with Gasteiger partial charge in [0, 0.05) is 31.1 Å². The van der Waals surface area contributed by atoms with Gasteiger partial charge in [-0.2, -0.15) is 0 Å². The summed E-state index contributed by atoms with van der Waals surface area (Å²) in [6, 6.07) is 13.6. The summed E-state index contributed by atoms with van der Waals surface area (Å²) >= 11 is 0. The number of benzene rings is 2. The van der Waals surface area contributed by atoms with E-state index < -0.39 is 6.09 Å². The topological polar surface area (TPSA) is 87.8 Å². The highest BCUT2D eigenvalue weighted by atomic mass is 16.6. The van der Waals surface area contributed by atoms with Crippen LogP contribution in [0.15, 0.2) is 42.5 Å². The Balaban J connectivity index is 1.70. The number of nitrogens with zero attached hydrogens (tertiary/aromatic N) is 1. The molecular weight excluding hydrogens is 378 g/mol. The number of aliphatic hydroxyl groups excluding tert-OH is 1. The number of ether oxygens (including phenoxy) is 1. The summed E-state index contributed by atoms with van der Waals surface area (Å²) in [5.41, 5.74) is 11.3. The van der Waals surface area contributed by atoms with E-state index in [-0.39, 0.29) is 18.8 Å². The summed E-state index contributed by atoms with van der Waals surface area (Å²) in [6.45, 7) is 6.15. The fraction of sp³-hybridized carbons (Fsp3) is 0.458. The molecule has 162 valence electrons. The molecule has 0 fully saturated rings. The zero-order valence-electron chi connectivity index (χ0n) is 17.9. The van der Waals surface area contributed by atoms with Crippen molar-refractivity contribution in [2.24, 2.45) is 5.73 Å². The van der Waals surface area contributed by atoms with Crippen molar-refractivity contribution in [3.8, 4) is 0 Å². The molecule has 0 saturated heterocycles. The van der Waals surface area contributed by atoms with E-state index in [1.54, 1.807) is 0 Å². The van der Waals surface area contributed by atoms with Crippen molar-refractivity contribution in [3.05, 3.63) is 59.2 Å². The zero-order valence-corrected chi connectivity index (χ0v) is 17.9. The molecule has 1 aliphatic rings. The second-order valence-corrected chi connectivity index (χ2v) is 7.73. The molecule has 6 heteroatoms. The third kappa shape index (κ3) is 5.12. The van der Waals surface area contributed by atoms with Crippen LogP contribution in [0.5, 0.6) is 0 Å². The SMILES string of the molecule is CCCN(CC)c1ccc(NC(=O)OC2CCc3ccccc3C2N)c(CCO)c1. The number of nitrogens with one attached hydrogen (secondary N) is 1. The van der Waals surface area contributed by atoms with Crippen LogP contribution in [0.3, 0.4) is 0 Å². The molecule has 0 saturated carbocycles. The van der Waals surface area contributed by atoms with Gasteiger partial charge >= 0.3 is 6.09 Å². The van der Waals surface area contributed by atoms with Crippen molar-refractivity contribution in [3.63, 3.8) is 0 Å². The molecule has 30 heavy (non-hydrogen) atoms. The van der Waals surface area contributed by atoms with Gasteiger partial charge in [-0.1, -0.05) is 31.2 Å². The van der Waals surface area contributed by atoms with Crippen LogP contribution >= 0.6 is 0 Å². The highest BCUT2D eigenvalue weighted by molar-refractivity contribution is 5.86. The first-order chi connectivity index (χ1) is 14.6. The largest absolute Gasteiger partial charge is 0.444 e. The second-order valence-electron chi connectivity index (χ2n) is 7.73. The molecule has 2 aromatic rings. The molecule has 1 amide bonds. The lowest BCUT2D eigenvalue weighted by Gasteiger charge is -2.30. The predicted octanol–water partition coefficient (Wildman–Crippen LogP) is 4.02. The lowest BCUT2D eigenvalue weighted by atomic mass is 9.86. The first kappa shape index (κ1) is 22.1. The van der Waals surface area contributed by atoms with Gasteiger partial charge in [-0.15, -0.1) is 0 Å². The van der Waals surface area contributed by atoms with Gasteiger partial charge < -0.3 is 20.5 Å². The maximum Gasteiger partial charge on any atom is 0.411 e. The summed E-state index contributed by atoms with van der Waals surface area (Å²) in [4.78, 5) is 14.9.